The third-order valence-corrected chi connectivity index (χ3v) is 9.57. The number of esters is 1. The standard InChI is InChI=1S/C25H27NO5/c1-13-10-17(30-21(13)28)15-12-23-6-7-25(15,29-3)22-24(23)8-9-26(2)18(23)11-14-4-5-16(27)20(31-22)19(14)24/h4-7,15,17-18,22,27H,1,8-12H2,2-3H3/t15-,17-,18-,22-,23-,24+,25-/m1/s1. The molecule has 0 amide bonds. The molecular weight excluding hydrogens is 394 g/mol. The summed E-state index contributed by atoms with van der Waals surface area (Å²) in [5.41, 5.74) is 1.88. The number of phenolic OH excluding ortho intramolecular Hbond substituents is 1. The number of carbonyl (C=O) groups is 1. The lowest BCUT2D eigenvalue weighted by Crippen LogP contribution is -2.79. The molecule has 7 atom stereocenters. The van der Waals surface area contributed by atoms with E-state index in [2.05, 4.69) is 36.7 Å². The average Bonchev–Trinajstić information content (AvgIpc) is 3.30. The summed E-state index contributed by atoms with van der Waals surface area (Å²) in [5.74, 6) is 0.507. The van der Waals surface area contributed by atoms with Gasteiger partial charge in [-0.05, 0) is 44.5 Å². The Hall–Kier alpha value is -2.31. The van der Waals surface area contributed by atoms with E-state index in [1.165, 1.54) is 11.1 Å². The van der Waals surface area contributed by atoms with Gasteiger partial charge in [-0.2, -0.15) is 0 Å². The van der Waals surface area contributed by atoms with E-state index in [9.17, 15) is 9.90 Å². The molecule has 3 fully saturated rings. The summed E-state index contributed by atoms with van der Waals surface area (Å²) < 4.78 is 18.9. The van der Waals surface area contributed by atoms with Crippen LogP contribution in [-0.2, 0) is 26.1 Å². The van der Waals surface area contributed by atoms with Gasteiger partial charge < -0.3 is 24.2 Å². The van der Waals surface area contributed by atoms with Crippen LogP contribution in [0, 0.1) is 11.3 Å². The molecule has 3 heterocycles. The van der Waals surface area contributed by atoms with Gasteiger partial charge in [-0.1, -0.05) is 24.8 Å². The molecule has 6 nitrogen and oxygen atoms in total. The summed E-state index contributed by atoms with van der Waals surface area (Å²) in [6, 6.07) is 4.17. The van der Waals surface area contributed by atoms with Crippen molar-refractivity contribution in [2.45, 2.75) is 54.9 Å². The van der Waals surface area contributed by atoms with Crippen molar-refractivity contribution in [1.82, 2.24) is 4.90 Å². The van der Waals surface area contributed by atoms with Crippen LogP contribution in [0.5, 0.6) is 11.5 Å². The normalized spacial score (nSPS) is 46.1. The molecule has 1 aromatic rings. The smallest absolute Gasteiger partial charge is 0.333 e. The van der Waals surface area contributed by atoms with Crippen LogP contribution in [0.4, 0.5) is 0 Å². The lowest BCUT2D eigenvalue weighted by molar-refractivity contribution is -0.230. The SMILES string of the molecule is C=C1C[C@H]([C@H]2C[C@@]34C=C[C@]2(OC)[C@@H]2Oc5c(O)ccc6c5[C@@]23CCN(C)[C@@H]4C6)OC1=O. The number of rotatable bonds is 2. The van der Waals surface area contributed by atoms with Crippen molar-refractivity contribution >= 4 is 5.97 Å². The van der Waals surface area contributed by atoms with Crippen molar-refractivity contribution in [3.05, 3.63) is 47.6 Å². The maximum Gasteiger partial charge on any atom is 0.333 e. The molecule has 162 valence electrons. The highest BCUT2D eigenvalue weighted by molar-refractivity contribution is 5.90. The fourth-order valence-corrected chi connectivity index (χ4v) is 8.34. The Morgan fingerprint density at radius 2 is 2.10 bits per heavy atom. The maximum atomic E-state index is 12.2. The Morgan fingerprint density at radius 1 is 1.26 bits per heavy atom. The van der Waals surface area contributed by atoms with E-state index in [1.54, 1.807) is 13.2 Å². The quantitative estimate of drug-likeness (QED) is 0.450. The zero-order valence-corrected chi connectivity index (χ0v) is 17.9. The second-order valence-electron chi connectivity index (χ2n) is 10.4. The number of piperidine rings is 1. The van der Waals surface area contributed by atoms with Crippen molar-refractivity contribution in [3.8, 4) is 11.5 Å². The van der Waals surface area contributed by atoms with Crippen LogP contribution in [0.15, 0.2) is 36.4 Å². The van der Waals surface area contributed by atoms with Crippen molar-refractivity contribution < 1.29 is 24.1 Å². The highest BCUT2D eigenvalue weighted by atomic mass is 16.6. The predicted octanol–water partition coefficient (Wildman–Crippen LogP) is 2.48. The number of ether oxygens (including phenoxy) is 3. The Bertz CT molecular complexity index is 1080. The van der Waals surface area contributed by atoms with Crippen LogP contribution in [0.2, 0.25) is 0 Å². The highest BCUT2D eigenvalue weighted by Crippen LogP contribution is 2.75. The van der Waals surface area contributed by atoms with E-state index in [-0.39, 0.29) is 40.7 Å². The maximum absolute atomic E-state index is 12.2. The molecule has 7 aliphatic rings. The molecule has 3 aliphatic heterocycles. The number of hydrogen-bond acceptors (Lipinski definition) is 6. The second kappa shape index (κ2) is 5.36. The number of cyclic esters (lactones) is 1. The molecule has 4 aliphatic carbocycles. The first-order valence-electron chi connectivity index (χ1n) is 11.2. The number of hydrogen-bond donors (Lipinski definition) is 1. The first-order chi connectivity index (χ1) is 14.9. The molecule has 1 N–H and O–H groups in total. The Labute approximate surface area is 181 Å². The molecule has 1 saturated carbocycles. The number of aromatic hydroxyl groups is 1. The van der Waals surface area contributed by atoms with Gasteiger partial charge in [0.15, 0.2) is 11.5 Å². The topological polar surface area (TPSA) is 68.2 Å². The van der Waals surface area contributed by atoms with E-state index in [4.69, 9.17) is 14.2 Å². The second-order valence-corrected chi connectivity index (χ2v) is 10.4. The number of fused-ring (bicyclic) bond motifs is 1. The minimum absolute atomic E-state index is 0.0316. The molecule has 4 bridgehead atoms. The summed E-state index contributed by atoms with van der Waals surface area (Å²) in [4.78, 5) is 14.7. The Morgan fingerprint density at radius 3 is 2.84 bits per heavy atom. The molecule has 2 saturated heterocycles. The van der Waals surface area contributed by atoms with Gasteiger partial charge in [0.1, 0.15) is 17.8 Å². The zero-order chi connectivity index (χ0) is 21.3. The molecular formula is C25H27NO5. The van der Waals surface area contributed by atoms with Crippen LogP contribution in [0.1, 0.15) is 30.4 Å². The first kappa shape index (κ1) is 18.3. The number of nitrogens with zero attached hydrogens (tertiary/aromatic N) is 1. The number of carbonyl (C=O) groups excluding carboxylic acids is 1. The van der Waals surface area contributed by atoms with Gasteiger partial charge in [-0.15, -0.1) is 0 Å². The van der Waals surface area contributed by atoms with E-state index < -0.39 is 5.60 Å². The van der Waals surface area contributed by atoms with Crippen molar-refractivity contribution in [2.24, 2.45) is 11.3 Å². The summed E-state index contributed by atoms with van der Waals surface area (Å²) in [5, 5.41) is 10.8. The van der Waals surface area contributed by atoms with Crippen molar-refractivity contribution in [1.29, 1.82) is 0 Å². The van der Waals surface area contributed by atoms with Crippen molar-refractivity contribution in [3.63, 3.8) is 0 Å². The van der Waals surface area contributed by atoms with Crippen molar-refractivity contribution in [2.75, 3.05) is 20.7 Å². The monoisotopic (exact) mass is 421 g/mol. The van der Waals surface area contributed by atoms with Gasteiger partial charge in [0, 0.05) is 42.0 Å². The largest absolute Gasteiger partial charge is 0.504 e. The summed E-state index contributed by atoms with van der Waals surface area (Å²) >= 11 is 0. The van der Waals surface area contributed by atoms with Crippen LogP contribution in [0.25, 0.3) is 0 Å². The summed E-state index contributed by atoms with van der Waals surface area (Å²) in [7, 11) is 3.96. The third-order valence-electron chi connectivity index (χ3n) is 9.57. The van der Waals surface area contributed by atoms with Crippen LogP contribution in [-0.4, -0.2) is 60.5 Å². The molecule has 2 spiro atoms. The van der Waals surface area contributed by atoms with E-state index in [0.29, 0.717) is 23.8 Å². The first-order valence-corrected chi connectivity index (χ1v) is 11.2. The number of benzene rings is 1. The Balaban J connectivity index is 1.50. The fourth-order valence-electron chi connectivity index (χ4n) is 8.34. The zero-order valence-electron chi connectivity index (χ0n) is 17.9. The van der Waals surface area contributed by atoms with E-state index in [0.717, 1.165) is 25.8 Å². The predicted molar refractivity (Wildman–Crippen MR) is 112 cm³/mol. The van der Waals surface area contributed by atoms with Crippen LogP contribution < -0.4 is 4.74 Å². The van der Waals surface area contributed by atoms with Gasteiger partial charge in [-0.25, -0.2) is 4.79 Å². The number of phenols is 1. The molecule has 0 radical (unpaired) electrons. The minimum Gasteiger partial charge on any atom is -0.504 e. The Kier molecular flexibility index (Phi) is 3.16. The molecule has 8 rings (SSSR count). The molecule has 1 aromatic carbocycles. The van der Waals surface area contributed by atoms with Gasteiger partial charge in [-0.3, -0.25) is 0 Å². The highest BCUT2D eigenvalue weighted by Gasteiger charge is 2.79. The number of methoxy groups -OCH3 is 1. The lowest BCUT2D eigenvalue weighted by atomic mass is 9.36. The van der Waals surface area contributed by atoms with Gasteiger partial charge in [0.05, 0.1) is 5.41 Å². The van der Waals surface area contributed by atoms with Gasteiger partial charge >= 0.3 is 5.97 Å². The molecule has 6 heteroatoms. The lowest BCUT2D eigenvalue weighted by Gasteiger charge is -2.71. The van der Waals surface area contributed by atoms with E-state index >= 15 is 0 Å². The fraction of sp³-hybridized carbons (Fsp3) is 0.560. The van der Waals surface area contributed by atoms with Crippen LogP contribution >= 0.6 is 0 Å². The van der Waals surface area contributed by atoms with Gasteiger partial charge in [0.25, 0.3) is 0 Å². The van der Waals surface area contributed by atoms with Crippen LogP contribution in [0.3, 0.4) is 0 Å². The number of likely N-dealkylation sites (tertiary alicyclic amines) is 1. The summed E-state index contributed by atoms with van der Waals surface area (Å²) in [6.07, 6.45) is 7.32. The minimum atomic E-state index is -0.724. The number of likely N-dealkylation sites (N-methyl/N-ethyl adjacent to an activating group) is 1. The molecule has 0 unspecified atom stereocenters. The third kappa shape index (κ3) is 1.73. The van der Waals surface area contributed by atoms with E-state index in [1.807, 2.05) is 0 Å². The average molecular weight is 421 g/mol. The molecule has 31 heavy (non-hydrogen) atoms. The molecule has 0 aromatic heterocycles. The van der Waals surface area contributed by atoms with Gasteiger partial charge in [0.2, 0.25) is 0 Å². The summed E-state index contributed by atoms with van der Waals surface area (Å²) in [6.45, 7) is 4.89.